The van der Waals surface area contributed by atoms with E-state index in [0.717, 1.165) is 17.2 Å². The summed E-state index contributed by atoms with van der Waals surface area (Å²) < 4.78 is 38.4. The van der Waals surface area contributed by atoms with E-state index in [9.17, 15) is 13.2 Å². The molecule has 19 heavy (non-hydrogen) atoms. The SMILES string of the molecule is CCCNc1cncc(-n2ccc(C(F)(F)F)n2)n1. The van der Waals surface area contributed by atoms with Gasteiger partial charge in [0.05, 0.1) is 12.4 Å². The van der Waals surface area contributed by atoms with Crippen LogP contribution < -0.4 is 5.32 Å². The van der Waals surface area contributed by atoms with Crippen molar-refractivity contribution in [1.29, 1.82) is 0 Å². The second kappa shape index (κ2) is 5.25. The standard InChI is InChI=1S/C11H12F3N5/c1-2-4-16-9-6-15-7-10(17-9)19-5-3-8(18-19)11(12,13)14/h3,5-7H,2,4H2,1H3,(H,16,17). The van der Waals surface area contributed by atoms with E-state index in [-0.39, 0.29) is 5.82 Å². The summed E-state index contributed by atoms with van der Waals surface area (Å²) >= 11 is 0. The molecule has 0 radical (unpaired) electrons. The van der Waals surface area contributed by atoms with Gasteiger partial charge in [0.2, 0.25) is 0 Å². The minimum atomic E-state index is -4.46. The first kappa shape index (κ1) is 13.3. The molecule has 0 spiro atoms. The third-order valence-corrected chi connectivity index (χ3v) is 2.29. The Hall–Kier alpha value is -2.12. The maximum atomic E-state index is 12.4. The summed E-state index contributed by atoms with van der Waals surface area (Å²) in [7, 11) is 0. The summed E-state index contributed by atoms with van der Waals surface area (Å²) in [6.07, 6.45) is 0.511. The zero-order valence-corrected chi connectivity index (χ0v) is 10.1. The molecular formula is C11H12F3N5. The van der Waals surface area contributed by atoms with Gasteiger partial charge in [-0.05, 0) is 12.5 Å². The molecule has 0 saturated carbocycles. The van der Waals surface area contributed by atoms with E-state index < -0.39 is 11.9 Å². The lowest BCUT2D eigenvalue weighted by atomic mass is 10.4. The molecule has 2 aromatic rings. The van der Waals surface area contributed by atoms with Crippen molar-refractivity contribution in [2.24, 2.45) is 0 Å². The molecule has 0 aliphatic heterocycles. The average Bonchev–Trinajstić information content (AvgIpc) is 2.86. The Morgan fingerprint density at radius 2 is 2.11 bits per heavy atom. The van der Waals surface area contributed by atoms with Crippen molar-refractivity contribution in [3.05, 3.63) is 30.4 Å². The lowest BCUT2D eigenvalue weighted by Crippen LogP contribution is -2.09. The summed E-state index contributed by atoms with van der Waals surface area (Å²) in [4.78, 5) is 8.05. The highest BCUT2D eigenvalue weighted by Crippen LogP contribution is 2.27. The van der Waals surface area contributed by atoms with Crippen LogP contribution >= 0.6 is 0 Å². The quantitative estimate of drug-likeness (QED) is 0.928. The molecule has 5 nitrogen and oxygen atoms in total. The van der Waals surface area contributed by atoms with E-state index in [1.807, 2.05) is 6.92 Å². The Kier molecular flexibility index (Phi) is 3.68. The van der Waals surface area contributed by atoms with Gasteiger partial charge >= 0.3 is 6.18 Å². The van der Waals surface area contributed by atoms with Crippen molar-refractivity contribution >= 4 is 5.82 Å². The predicted octanol–water partition coefficient (Wildman–Crippen LogP) is 2.50. The van der Waals surface area contributed by atoms with Crippen LogP contribution in [0.4, 0.5) is 19.0 Å². The Bertz CT molecular complexity index is 549. The van der Waals surface area contributed by atoms with Gasteiger partial charge in [-0.3, -0.25) is 4.98 Å². The van der Waals surface area contributed by atoms with Crippen molar-refractivity contribution in [3.8, 4) is 5.82 Å². The zero-order chi connectivity index (χ0) is 13.9. The first-order valence-electron chi connectivity index (χ1n) is 5.70. The van der Waals surface area contributed by atoms with Crippen LogP contribution in [0.3, 0.4) is 0 Å². The molecule has 0 saturated heterocycles. The zero-order valence-electron chi connectivity index (χ0n) is 10.1. The minimum Gasteiger partial charge on any atom is -0.369 e. The predicted molar refractivity (Wildman–Crippen MR) is 62.9 cm³/mol. The third-order valence-electron chi connectivity index (χ3n) is 2.29. The van der Waals surface area contributed by atoms with Crippen LogP contribution in [-0.2, 0) is 6.18 Å². The number of halogens is 3. The highest BCUT2D eigenvalue weighted by molar-refractivity contribution is 5.35. The van der Waals surface area contributed by atoms with Crippen LogP contribution in [-0.4, -0.2) is 26.3 Å². The molecule has 0 amide bonds. The minimum absolute atomic E-state index is 0.233. The molecule has 2 rings (SSSR count). The molecule has 2 heterocycles. The van der Waals surface area contributed by atoms with Crippen LogP contribution in [0.25, 0.3) is 5.82 Å². The monoisotopic (exact) mass is 271 g/mol. The molecular weight excluding hydrogens is 259 g/mol. The molecule has 0 unspecified atom stereocenters. The van der Waals surface area contributed by atoms with E-state index in [4.69, 9.17) is 0 Å². The van der Waals surface area contributed by atoms with E-state index in [1.54, 1.807) is 0 Å². The lowest BCUT2D eigenvalue weighted by molar-refractivity contribution is -0.141. The fraction of sp³-hybridized carbons (Fsp3) is 0.364. The van der Waals surface area contributed by atoms with Gasteiger partial charge in [0.15, 0.2) is 11.5 Å². The summed E-state index contributed by atoms with van der Waals surface area (Å²) in [5.41, 5.74) is -0.957. The smallest absolute Gasteiger partial charge is 0.369 e. The number of rotatable bonds is 4. The second-order valence-corrected chi connectivity index (χ2v) is 3.83. The molecule has 0 atom stereocenters. The summed E-state index contributed by atoms with van der Waals surface area (Å²) in [6, 6.07) is 0.897. The average molecular weight is 271 g/mol. The van der Waals surface area contributed by atoms with Gasteiger partial charge in [-0.15, -0.1) is 0 Å². The molecule has 0 bridgehead atoms. The summed E-state index contributed by atoms with van der Waals surface area (Å²) in [5, 5.41) is 6.44. The van der Waals surface area contributed by atoms with Crippen LogP contribution in [0, 0.1) is 0 Å². The van der Waals surface area contributed by atoms with E-state index in [0.29, 0.717) is 12.4 Å². The van der Waals surface area contributed by atoms with Gasteiger partial charge in [-0.2, -0.15) is 18.3 Å². The number of anilines is 1. The fourth-order valence-corrected chi connectivity index (χ4v) is 1.41. The molecule has 0 aliphatic rings. The van der Waals surface area contributed by atoms with Crippen LogP contribution in [0.5, 0.6) is 0 Å². The Morgan fingerprint density at radius 3 is 2.74 bits per heavy atom. The van der Waals surface area contributed by atoms with E-state index >= 15 is 0 Å². The normalized spacial score (nSPS) is 11.6. The number of hydrogen-bond acceptors (Lipinski definition) is 4. The molecule has 2 aromatic heterocycles. The molecule has 1 N–H and O–H groups in total. The number of nitrogens with one attached hydrogen (secondary N) is 1. The Morgan fingerprint density at radius 1 is 1.32 bits per heavy atom. The Balaban J connectivity index is 2.24. The van der Waals surface area contributed by atoms with Gasteiger partial charge in [-0.25, -0.2) is 9.67 Å². The first-order chi connectivity index (χ1) is 9.00. The summed E-state index contributed by atoms with van der Waals surface area (Å²) in [6.45, 7) is 2.71. The van der Waals surface area contributed by atoms with E-state index in [2.05, 4.69) is 20.4 Å². The van der Waals surface area contributed by atoms with Crippen molar-refractivity contribution < 1.29 is 13.2 Å². The van der Waals surface area contributed by atoms with Crippen LogP contribution in [0.15, 0.2) is 24.7 Å². The maximum Gasteiger partial charge on any atom is 0.435 e. The van der Waals surface area contributed by atoms with Gasteiger partial charge in [0.1, 0.15) is 5.82 Å². The Labute approximate surface area is 107 Å². The van der Waals surface area contributed by atoms with Crippen molar-refractivity contribution in [2.75, 3.05) is 11.9 Å². The molecule has 8 heteroatoms. The van der Waals surface area contributed by atoms with Crippen molar-refractivity contribution in [3.63, 3.8) is 0 Å². The van der Waals surface area contributed by atoms with Crippen LogP contribution in [0.2, 0.25) is 0 Å². The first-order valence-corrected chi connectivity index (χ1v) is 5.70. The topological polar surface area (TPSA) is 55.6 Å². The van der Waals surface area contributed by atoms with Crippen molar-refractivity contribution in [2.45, 2.75) is 19.5 Å². The largest absolute Gasteiger partial charge is 0.435 e. The molecule has 102 valence electrons. The highest BCUT2D eigenvalue weighted by Gasteiger charge is 2.33. The fourth-order valence-electron chi connectivity index (χ4n) is 1.41. The third kappa shape index (κ3) is 3.21. The van der Waals surface area contributed by atoms with Gasteiger partial charge in [0, 0.05) is 12.7 Å². The number of alkyl halides is 3. The van der Waals surface area contributed by atoms with Gasteiger partial charge in [0.25, 0.3) is 0 Å². The van der Waals surface area contributed by atoms with Gasteiger partial charge in [-0.1, -0.05) is 6.92 Å². The molecule has 0 aliphatic carbocycles. The number of aromatic nitrogens is 4. The van der Waals surface area contributed by atoms with E-state index in [1.165, 1.54) is 18.6 Å². The van der Waals surface area contributed by atoms with Crippen molar-refractivity contribution in [1.82, 2.24) is 19.7 Å². The lowest BCUT2D eigenvalue weighted by Gasteiger charge is -2.05. The van der Waals surface area contributed by atoms with Crippen LogP contribution in [0.1, 0.15) is 19.0 Å². The summed E-state index contributed by atoms with van der Waals surface area (Å²) in [5.74, 6) is 0.736. The van der Waals surface area contributed by atoms with Gasteiger partial charge < -0.3 is 5.32 Å². The maximum absolute atomic E-state index is 12.4. The molecule has 0 aromatic carbocycles. The molecule has 0 fully saturated rings. The number of hydrogen-bond donors (Lipinski definition) is 1. The number of nitrogens with zero attached hydrogens (tertiary/aromatic N) is 4. The highest BCUT2D eigenvalue weighted by atomic mass is 19.4. The second-order valence-electron chi connectivity index (χ2n) is 3.83.